The average molecular weight is 353 g/mol. The van der Waals surface area contributed by atoms with E-state index in [1.807, 2.05) is 18.2 Å². The van der Waals surface area contributed by atoms with Gasteiger partial charge in [0.25, 0.3) is 0 Å². The standard InChI is InChI=1S/C22H27NO3/c1-22(2,3)15-9-10-18-17(11-15)20-21(25-13-16(12-24)26-20)19(23-18)14-7-5-4-6-8-14/h4-11,16,19-21,23-24H,12-13H2,1-3H3/t16?,19-,20+,21-/m0/s1. The van der Waals surface area contributed by atoms with E-state index in [4.69, 9.17) is 9.47 Å². The van der Waals surface area contributed by atoms with Gasteiger partial charge in [-0.15, -0.1) is 0 Å². The van der Waals surface area contributed by atoms with Crippen LogP contribution in [0.2, 0.25) is 0 Å². The van der Waals surface area contributed by atoms with Crippen LogP contribution in [-0.4, -0.2) is 30.5 Å². The molecule has 4 rings (SSSR count). The minimum Gasteiger partial charge on any atom is -0.394 e. The Bertz CT molecular complexity index is 769. The first-order valence-corrected chi connectivity index (χ1v) is 9.31. The van der Waals surface area contributed by atoms with Crippen molar-refractivity contribution in [3.8, 4) is 0 Å². The molecule has 4 nitrogen and oxygen atoms in total. The highest BCUT2D eigenvalue weighted by molar-refractivity contribution is 5.59. The highest BCUT2D eigenvalue weighted by atomic mass is 16.6. The Labute approximate surface area is 155 Å². The Morgan fingerprint density at radius 2 is 1.88 bits per heavy atom. The molecule has 4 heteroatoms. The van der Waals surface area contributed by atoms with E-state index in [0.29, 0.717) is 6.61 Å². The molecule has 4 atom stereocenters. The van der Waals surface area contributed by atoms with Crippen molar-refractivity contribution in [2.45, 2.75) is 50.5 Å². The Morgan fingerprint density at radius 3 is 2.58 bits per heavy atom. The number of benzene rings is 2. The van der Waals surface area contributed by atoms with Crippen molar-refractivity contribution in [1.29, 1.82) is 0 Å². The predicted octanol–water partition coefficient (Wildman–Crippen LogP) is 3.97. The van der Waals surface area contributed by atoms with Crippen molar-refractivity contribution in [1.82, 2.24) is 0 Å². The van der Waals surface area contributed by atoms with Gasteiger partial charge in [0.1, 0.15) is 18.3 Å². The lowest BCUT2D eigenvalue weighted by atomic mass is 9.81. The summed E-state index contributed by atoms with van der Waals surface area (Å²) in [5.74, 6) is 0. The topological polar surface area (TPSA) is 50.7 Å². The third-order valence-corrected chi connectivity index (χ3v) is 5.34. The zero-order valence-corrected chi connectivity index (χ0v) is 15.6. The second-order valence-electron chi connectivity index (χ2n) is 8.24. The van der Waals surface area contributed by atoms with Gasteiger partial charge in [-0.3, -0.25) is 0 Å². The van der Waals surface area contributed by atoms with Crippen LogP contribution >= 0.6 is 0 Å². The summed E-state index contributed by atoms with van der Waals surface area (Å²) in [5.41, 5.74) is 4.71. The molecule has 0 bridgehead atoms. The molecule has 1 fully saturated rings. The molecule has 1 saturated heterocycles. The molecule has 0 spiro atoms. The van der Waals surface area contributed by atoms with Gasteiger partial charge in [-0.05, 0) is 22.6 Å². The van der Waals surface area contributed by atoms with Gasteiger partial charge in [-0.2, -0.15) is 0 Å². The van der Waals surface area contributed by atoms with Crippen molar-refractivity contribution in [3.05, 3.63) is 65.2 Å². The number of ether oxygens (including phenoxy) is 2. The lowest BCUT2D eigenvalue weighted by Gasteiger charge is -2.45. The summed E-state index contributed by atoms with van der Waals surface area (Å²) in [6.45, 7) is 7.02. The van der Waals surface area contributed by atoms with Crippen LogP contribution in [0.4, 0.5) is 5.69 Å². The van der Waals surface area contributed by atoms with Crippen LogP contribution in [0.25, 0.3) is 0 Å². The summed E-state index contributed by atoms with van der Waals surface area (Å²) in [6.07, 6.45) is -0.593. The van der Waals surface area contributed by atoms with Gasteiger partial charge in [0.05, 0.1) is 19.3 Å². The largest absolute Gasteiger partial charge is 0.394 e. The van der Waals surface area contributed by atoms with Gasteiger partial charge < -0.3 is 19.9 Å². The first kappa shape index (κ1) is 17.5. The van der Waals surface area contributed by atoms with Crippen molar-refractivity contribution >= 4 is 5.69 Å². The maximum Gasteiger partial charge on any atom is 0.114 e. The van der Waals surface area contributed by atoms with Crippen LogP contribution < -0.4 is 5.32 Å². The molecule has 2 aromatic carbocycles. The molecule has 0 radical (unpaired) electrons. The molecule has 0 aliphatic carbocycles. The molecule has 0 amide bonds. The van der Waals surface area contributed by atoms with Gasteiger partial charge in [-0.1, -0.05) is 63.2 Å². The lowest BCUT2D eigenvalue weighted by molar-refractivity contribution is -0.199. The molecule has 2 heterocycles. The number of rotatable bonds is 2. The van der Waals surface area contributed by atoms with E-state index in [-0.39, 0.29) is 36.4 Å². The zero-order valence-electron chi connectivity index (χ0n) is 15.6. The van der Waals surface area contributed by atoms with Crippen molar-refractivity contribution in [3.63, 3.8) is 0 Å². The Hall–Kier alpha value is -1.88. The summed E-state index contributed by atoms with van der Waals surface area (Å²) in [6, 6.07) is 16.9. The molecular formula is C22H27NO3. The molecule has 0 aromatic heterocycles. The lowest BCUT2D eigenvalue weighted by Crippen LogP contribution is -2.47. The van der Waals surface area contributed by atoms with Crippen LogP contribution in [-0.2, 0) is 14.9 Å². The third-order valence-electron chi connectivity index (χ3n) is 5.34. The van der Waals surface area contributed by atoms with E-state index >= 15 is 0 Å². The molecule has 2 aliphatic rings. The van der Waals surface area contributed by atoms with E-state index in [1.165, 1.54) is 11.1 Å². The fraction of sp³-hybridized carbons (Fsp3) is 0.455. The van der Waals surface area contributed by atoms with Crippen molar-refractivity contribution in [2.24, 2.45) is 0 Å². The normalized spacial score (nSPS) is 28.0. The Balaban J connectivity index is 1.77. The fourth-order valence-electron chi connectivity index (χ4n) is 3.83. The van der Waals surface area contributed by atoms with Gasteiger partial charge in [0.2, 0.25) is 0 Å². The van der Waals surface area contributed by atoms with E-state index < -0.39 is 0 Å². The van der Waals surface area contributed by atoms with Crippen molar-refractivity contribution < 1.29 is 14.6 Å². The minimum atomic E-state index is -0.281. The number of aliphatic hydroxyl groups is 1. The summed E-state index contributed by atoms with van der Waals surface area (Å²) in [7, 11) is 0. The molecule has 1 unspecified atom stereocenters. The minimum absolute atomic E-state index is 0.0221. The van der Waals surface area contributed by atoms with E-state index in [1.54, 1.807) is 0 Å². The van der Waals surface area contributed by atoms with Gasteiger partial charge in [0, 0.05) is 11.3 Å². The second-order valence-corrected chi connectivity index (χ2v) is 8.24. The van der Waals surface area contributed by atoms with Crippen molar-refractivity contribution in [2.75, 3.05) is 18.5 Å². The van der Waals surface area contributed by atoms with Gasteiger partial charge in [-0.25, -0.2) is 0 Å². The summed E-state index contributed by atoms with van der Waals surface area (Å²) in [4.78, 5) is 0. The highest BCUT2D eigenvalue weighted by Gasteiger charge is 2.43. The number of fused-ring (bicyclic) bond motifs is 3. The summed E-state index contributed by atoms with van der Waals surface area (Å²) >= 11 is 0. The number of hydrogen-bond donors (Lipinski definition) is 2. The monoisotopic (exact) mass is 353 g/mol. The van der Waals surface area contributed by atoms with Crippen LogP contribution in [0, 0.1) is 0 Å². The Kier molecular flexibility index (Phi) is 4.51. The summed E-state index contributed by atoms with van der Waals surface area (Å²) < 4.78 is 12.5. The van der Waals surface area contributed by atoms with Crippen LogP contribution in [0.1, 0.15) is 49.6 Å². The van der Waals surface area contributed by atoms with Crippen LogP contribution in [0.3, 0.4) is 0 Å². The van der Waals surface area contributed by atoms with Gasteiger partial charge >= 0.3 is 0 Å². The molecule has 0 saturated carbocycles. The average Bonchev–Trinajstić information content (AvgIpc) is 2.66. The molecule has 2 aliphatic heterocycles. The first-order valence-electron chi connectivity index (χ1n) is 9.31. The van der Waals surface area contributed by atoms with Crippen LogP contribution in [0.15, 0.2) is 48.5 Å². The van der Waals surface area contributed by atoms with E-state index in [2.05, 4.69) is 56.4 Å². The zero-order chi connectivity index (χ0) is 18.3. The number of aliphatic hydroxyl groups excluding tert-OH is 1. The predicted molar refractivity (Wildman–Crippen MR) is 102 cm³/mol. The highest BCUT2D eigenvalue weighted by Crippen LogP contribution is 2.46. The quantitative estimate of drug-likeness (QED) is 0.858. The maximum atomic E-state index is 9.58. The first-order chi connectivity index (χ1) is 12.5. The smallest absolute Gasteiger partial charge is 0.114 e. The Morgan fingerprint density at radius 1 is 1.12 bits per heavy atom. The van der Waals surface area contributed by atoms with E-state index in [0.717, 1.165) is 11.3 Å². The number of hydrogen-bond acceptors (Lipinski definition) is 4. The SMILES string of the molecule is CC(C)(C)c1ccc2c(c1)[C@H]1OC(CO)CO[C@H]1[C@H](c1ccccc1)N2. The molecule has 2 aromatic rings. The molecule has 138 valence electrons. The third kappa shape index (κ3) is 3.13. The summed E-state index contributed by atoms with van der Waals surface area (Å²) in [5, 5.41) is 13.2. The van der Waals surface area contributed by atoms with Gasteiger partial charge in [0.15, 0.2) is 0 Å². The molecule has 26 heavy (non-hydrogen) atoms. The van der Waals surface area contributed by atoms with Crippen LogP contribution in [0.5, 0.6) is 0 Å². The number of anilines is 1. The maximum absolute atomic E-state index is 9.58. The number of nitrogens with one attached hydrogen (secondary N) is 1. The fourth-order valence-corrected chi connectivity index (χ4v) is 3.83. The molecular weight excluding hydrogens is 326 g/mol. The second kappa shape index (κ2) is 6.69. The molecule has 2 N–H and O–H groups in total. The van der Waals surface area contributed by atoms with E-state index in [9.17, 15) is 5.11 Å².